The van der Waals surface area contributed by atoms with Crippen molar-refractivity contribution in [2.45, 2.75) is 51.7 Å². The van der Waals surface area contributed by atoms with Gasteiger partial charge in [0.15, 0.2) is 0 Å². The molecule has 0 amide bonds. The van der Waals surface area contributed by atoms with E-state index in [1.54, 1.807) is 0 Å². The molecule has 1 aliphatic heterocycles. The summed E-state index contributed by atoms with van der Waals surface area (Å²) in [5, 5.41) is 0. The van der Waals surface area contributed by atoms with Crippen LogP contribution in [0.4, 0.5) is 0 Å². The molecule has 2 aliphatic rings. The largest absolute Gasteiger partial charge is 0.372 e. The average molecular weight is 246 g/mol. The molecule has 98 valence electrons. The lowest BCUT2D eigenvalue weighted by molar-refractivity contribution is -0.133. The van der Waals surface area contributed by atoms with E-state index < -0.39 is 0 Å². The molecule has 0 saturated carbocycles. The number of ether oxygens (including phenoxy) is 2. The summed E-state index contributed by atoms with van der Waals surface area (Å²) in [6, 6.07) is 4.59. The van der Waals surface area contributed by atoms with Crippen molar-refractivity contribution in [3.8, 4) is 0 Å². The molecule has 0 N–H and O–H groups in total. The molecule has 3 rings (SSSR count). The highest BCUT2D eigenvalue weighted by molar-refractivity contribution is 5.48. The van der Waals surface area contributed by atoms with Crippen molar-refractivity contribution >= 4 is 0 Å². The van der Waals surface area contributed by atoms with E-state index in [0.717, 1.165) is 26.1 Å². The molecule has 1 aromatic carbocycles. The van der Waals surface area contributed by atoms with E-state index >= 15 is 0 Å². The van der Waals surface area contributed by atoms with Crippen LogP contribution in [0.25, 0.3) is 0 Å². The van der Waals surface area contributed by atoms with Crippen LogP contribution in [0.5, 0.6) is 0 Å². The number of hydrogen-bond donors (Lipinski definition) is 0. The van der Waals surface area contributed by atoms with Crippen LogP contribution >= 0.6 is 0 Å². The Morgan fingerprint density at radius 3 is 2.72 bits per heavy atom. The van der Waals surface area contributed by atoms with Crippen LogP contribution in [-0.2, 0) is 22.3 Å². The monoisotopic (exact) mass is 246 g/mol. The van der Waals surface area contributed by atoms with Crippen molar-refractivity contribution in [2.24, 2.45) is 0 Å². The van der Waals surface area contributed by atoms with Gasteiger partial charge in [-0.1, -0.05) is 32.9 Å². The quantitative estimate of drug-likeness (QED) is 0.796. The van der Waals surface area contributed by atoms with Gasteiger partial charge in [0.2, 0.25) is 0 Å². The summed E-state index contributed by atoms with van der Waals surface area (Å²) < 4.78 is 11.9. The van der Waals surface area contributed by atoms with Gasteiger partial charge in [-0.25, -0.2) is 0 Å². The van der Waals surface area contributed by atoms with Crippen molar-refractivity contribution in [1.82, 2.24) is 0 Å². The number of rotatable bonds is 2. The molecule has 0 bridgehead atoms. The summed E-state index contributed by atoms with van der Waals surface area (Å²) in [6.45, 7) is 8.24. The smallest absolute Gasteiger partial charge is 0.110 e. The Balaban J connectivity index is 2.11. The zero-order valence-electron chi connectivity index (χ0n) is 11.5. The molecule has 18 heavy (non-hydrogen) atoms. The molecule has 2 atom stereocenters. The number of fused-ring (bicyclic) bond motifs is 3. The first-order valence-electron chi connectivity index (χ1n) is 7.10. The summed E-state index contributed by atoms with van der Waals surface area (Å²) in [5.74, 6) is 0.574. The van der Waals surface area contributed by atoms with Crippen LogP contribution in [-0.4, -0.2) is 19.3 Å². The topological polar surface area (TPSA) is 18.5 Å². The third kappa shape index (κ3) is 1.79. The van der Waals surface area contributed by atoms with Gasteiger partial charge in [0.25, 0.3) is 0 Å². The van der Waals surface area contributed by atoms with Crippen molar-refractivity contribution in [3.63, 3.8) is 0 Å². The molecule has 1 fully saturated rings. The van der Waals surface area contributed by atoms with Crippen LogP contribution < -0.4 is 0 Å². The highest BCUT2D eigenvalue weighted by Gasteiger charge is 2.39. The summed E-state index contributed by atoms with van der Waals surface area (Å²) in [4.78, 5) is 0. The van der Waals surface area contributed by atoms with Gasteiger partial charge in [-0.2, -0.15) is 0 Å². The van der Waals surface area contributed by atoms with E-state index in [9.17, 15) is 0 Å². The predicted octanol–water partition coefficient (Wildman–Crippen LogP) is 3.39. The fourth-order valence-electron chi connectivity index (χ4n) is 3.37. The van der Waals surface area contributed by atoms with E-state index in [1.165, 1.54) is 22.3 Å². The zero-order chi connectivity index (χ0) is 12.7. The highest BCUT2D eigenvalue weighted by Crippen LogP contribution is 2.43. The lowest BCUT2D eigenvalue weighted by Gasteiger charge is -2.27. The maximum Gasteiger partial charge on any atom is 0.110 e. The van der Waals surface area contributed by atoms with Gasteiger partial charge in [-0.05, 0) is 34.6 Å². The molecule has 1 saturated heterocycles. The van der Waals surface area contributed by atoms with Crippen molar-refractivity contribution < 1.29 is 9.47 Å². The molecule has 2 nitrogen and oxygen atoms in total. The molecule has 1 aromatic rings. The second-order valence-electron chi connectivity index (χ2n) is 5.62. The first-order valence-corrected chi connectivity index (χ1v) is 7.10. The molecule has 0 aromatic heterocycles. The van der Waals surface area contributed by atoms with Crippen LogP contribution in [0, 0.1) is 0 Å². The Morgan fingerprint density at radius 2 is 2.00 bits per heavy atom. The first-order chi connectivity index (χ1) is 8.72. The van der Waals surface area contributed by atoms with E-state index in [1.807, 2.05) is 0 Å². The first kappa shape index (κ1) is 12.2. The Kier molecular flexibility index (Phi) is 3.16. The normalized spacial score (nSPS) is 26.2. The molecular formula is C16H22O2. The highest BCUT2D eigenvalue weighted by atomic mass is 16.6. The summed E-state index contributed by atoms with van der Waals surface area (Å²) in [6.07, 6.45) is 2.54. The van der Waals surface area contributed by atoms with Crippen LogP contribution in [0.15, 0.2) is 12.1 Å². The van der Waals surface area contributed by atoms with Crippen LogP contribution in [0.2, 0.25) is 0 Å². The number of aryl methyl sites for hydroxylation is 1. The third-order valence-electron chi connectivity index (χ3n) is 4.23. The molecule has 1 heterocycles. The van der Waals surface area contributed by atoms with Gasteiger partial charge >= 0.3 is 0 Å². The van der Waals surface area contributed by atoms with Crippen LogP contribution in [0.1, 0.15) is 55.0 Å². The molecule has 2 unspecified atom stereocenters. The summed E-state index contributed by atoms with van der Waals surface area (Å²) in [5.41, 5.74) is 5.85. The molecule has 2 heteroatoms. The van der Waals surface area contributed by atoms with Gasteiger partial charge < -0.3 is 9.47 Å². The van der Waals surface area contributed by atoms with Gasteiger partial charge in [0.1, 0.15) is 6.10 Å². The minimum Gasteiger partial charge on any atom is -0.372 e. The Hall–Kier alpha value is -0.860. The minimum absolute atomic E-state index is 0.183. The van der Waals surface area contributed by atoms with Gasteiger partial charge in [-0.15, -0.1) is 0 Å². The summed E-state index contributed by atoms with van der Waals surface area (Å²) >= 11 is 0. The van der Waals surface area contributed by atoms with Gasteiger partial charge in [0, 0.05) is 6.42 Å². The minimum atomic E-state index is 0.183. The predicted molar refractivity (Wildman–Crippen MR) is 72.0 cm³/mol. The second-order valence-corrected chi connectivity index (χ2v) is 5.62. The number of benzene rings is 1. The Bertz CT molecular complexity index is 451. The maximum atomic E-state index is 5.98. The van der Waals surface area contributed by atoms with Gasteiger partial charge in [-0.3, -0.25) is 0 Å². The van der Waals surface area contributed by atoms with E-state index in [2.05, 4.69) is 32.9 Å². The Labute approximate surface area is 109 Å². The molecule has 0 radical (unpaired) electrons. The lowest BCUT2D eigenvalue weighted by atomic mass is 9.90. The van der Waals surface area contributed by atoms with Gasteiger partial charge in [0.05, 0.1) is 19.3 Å². The standard InChI is InChI=1S/C16H22O2/c1-4-11-5-6-12(10(2)3)13-9-14-16(15(11)13)18-8-7-17-14/h5-6,10,14,16H,4,7-9H2,1-3H3. The van der Waals surface area contributed by atoms with Crippen LogP contribution in [0.3, 0.4) is 0 Å². The Morgan fingerprint density at radius 1 is 1.22 bits per heavy atom. The van der Waals surface area contributed by atoms with Crippen molar-refractivity contribution in [1.29, 1.82) is 0 Å². The van der Waals surface area contributed by atoms with E-state index in [4.69, 9.17) is 9.47 Å². The summed E-state index contributed by atoms with van der Waals surface area (Å²) in [7, 11) is 0. The fraction of sp³-hybridized carbons (Fsp3) is 0.625. The van der Waals surface area contributed by atoms with Crippen molar-refractivity contribution in [3.05, 3.63) is 34.4 Å². The molecular weight excluding hydrogens is 224 g/mol. The second kappa shape index (κ2) is 4.67. The zero-order valence-corrected chi connectivity index (χ0v) is 11.5. The van der Waals surface area contributed by atoms with E-state index in [0.29, 0.717) is 5.92 Å². The average Bonchev–Trinajstić information content (AvgIpc) is 2.76. The van der Waals surface area contributed by atoms with E-state index in [-0.39, 0.29) is 12.2 Å². The van der Waals surface area contributed by atoms with Crippen molar-refractivity contribution in [2.75, 3.05) is 13.2 Å². The molecule has 1 aliphatic carbocycles. The number of hydrogen-bond acceptors (Lipinski definition) is 2. The molecule has 0 spiro atoms. The lowest BCUT2D eigenvalue weighted by Crippen LogP contribution is -2.29. The third-order valence-corrected chi connectivity index (χ3v) is 4.23. The SMILES string of the molecule is CCc1ccc(C(C)C)c2c1C1OCCOC1C2. The fourth-order valence-corrected chi connectivity index (χ4v) is 3.37. The maximum absolute atomic E-state index is 5.98.